The van der Waals surface area contributed by atoms with Crippen LogP contribution >= 0.6 is 0 Å². The van der Waals surface area contributed by atoms with Gasteiger partial charge in [0.05, 0.1) is 22.4 Å². The number of hydrogen-bond donors (Lipinski definition) is 0. The third kappa shape index (κ3) is 5.22. The monoisotopic (exact) mass is 681 g/mol. The summed E-state index contributed by atoms with van der Waals surface area (Å²) in [6, 6.07) is 64.8. The van der Waals surface area contributed by atoms with Crippen molar-refractivity contribution < 1.29 is 0 Å². The Morgan fingerprint density at radius 2 is 0.566 bits per heavy atom. The first-order valence-electron chi connectivity index (χ1n) is 17.6. The Hall–Kier alpha value is -7.38. The molecule has 3 aromatic heterocycles. The molecule has 250 valence electrons. The van der Waals surface area contributed by atoms with E-state index in [1.165, 1.54) is 0 Å². The molecule has 53 heavy (non-hydrogen) atoms. The standard InChI is InChI=1S/C46H31N7/c1-6-16-32(17-7-1)43-47-48-44(33-18-8-2-9-19-33)52(43)37-26-28-41-39(30-37)40-31-38(27-29-42(40)51(41)36-24-14-5-15-25-36)53-45(34-20-10-3-11-21-34)49-50-46(53)35-22-12-4-13-23-35/h1-31H. The van der Waals surface area contributed by atoms with E-state index < -0.39 is 0 Å². The summed E-state index contributed by atoms with van der Waals surface area (Å²) in [5.74, 6) is 3.11. The van der Waals surface area contributed by atoms with Gasteiger partial charge in [-0.25, -0.2) is 0 Å². The molecule has 0 N–H and O–H groups in total. The van der Waals surface area contributed by atoms with Gasteiger partial charge < -0.3 is 4.57 Å². The van der Waals surface area contributed by atoms with Crippen molar-refractivity contribution in [2.24, 2.45) is 0 Å². The minimum Gasteiger partial charge on any atom is -0.309 e. The first-order valence-corrected chi connectivity index (χ1v) is 17.6. The summed E-state index contributed by atoms with van der Waals surface area (Å²) in [6.45, 7) is 0. The Morgan fingerprint density at radius 1 is 0.264 bits per heavy atom. The summed E-state index contributed by atoms with van der Waals surface area (Å²) in [5.41, 5.74) is 9.18. The van der Waals surface area contributed by atoms with Gasteiger partial charge in [-0.05, 0) is 48.5 Å². The number of fused-ring (bicyclic) bond motifs is 3. The molecule has 0 aliphatic rings. The minimum atomic E-state index is 0.779. The number of para-hydroxylation sites is 1. The van der Waals surface area contributed by atoms with Gasteiger partial charge in [0.2, 0.25) is 0 Å². The zero-order valence-corrected chi connectivity index (χ0v) is 28.5. The number of hydrogen-bond acceptors (Lipinski definition) is 4. The lowest BCUT2D eigenvalue weighted by Crippen LogP contribution is -2.01. The number of aromatic nitrogens is 7. The van der Waals surface area contributed by atoms with Crippen LogP contribution in [0.5, 0.6) is 0 Å². The van der Waals surface area contributed by atoms with E-state index >= 15 is 0 Å². The van der Waals surface area contributed by atoms with Gasteiger partial charge in [-0.3, -0.25) is 9.13 Å². The van der Waals surface area contributed by atoms with Crippen LogP contribution < -0.4 is 0 Å². The molecule has 0 atom stereocenters. The first kappa shape index (κ1) is 30.4. The predicted octanol–water partition coefficient (Wildman–Crippen LogP) is 10.6. The van der Waals surface area contributed by atoms with Gasteiger partial charge in [-0.15, -0.1) is 20.4 Å². The Labute approximate surface area is 305 Å². The molecule has 0 unspecified atom stereocenters. The summed E-state index contributed by atoms with van der Waals surface area (Å²) in [6.07, 6.45) is 0. The van der Waals surface area contributed by atoms with Gasteiger partial charge in [0, 0.05) is 38.7 Å². The molecule has 7 aromatic carbocycles. The second kappa shape index (κ2) is 12.7. The summed E-state index contributed by atoms with van der Waals surface area (Å²) in [7, 11) is 0. The number of nitrogens with zero attached hydrogens (tertiary/aromatic N) is 7. The van der Waals surface area contributed by atoms with Crippen LogP contribution in [0.2, 0.25) is 0 Å². The molecule has 3 heterocycles. The van der Waals surface area contributed by atoms with Crippen molar-refractivity contribution in [3.63, 3.8) is 0 Å². The summed E-state index contributed by atoms with van der Waals surface area (Å²) >= 11 is 0. The molecule has 0 aliphatic carbocycles. The van der Waals surface area contributed by atoms with E-state index in [-0.39, 0.29) is 0 Å². The molecule has 0 fully saturated rings. The van der Waals surface area contributed by atoms with Crippen molar-refractivity contribution in [2.45, 2.75) is 0 Å². The van der Waals surface area contributed by atoms with Crippen LogP contribution in [0.25, 0.3) is 84.4 Å². The average Bonchev–Trinajstić information content (AvgIpc) is 3.97. The lowest BCUT2D eigenvalue weighted by atomic mass is 10.1. The van der Waals surface area contributed by atoms with Gasteiger partial charge in [-0.2, -0.15) is 0 Å². The Morgan fingerprint density at radius 3 is 0.887 bits per heavy atom. The molecule has 0 amide bonds. The molecular formula is C46H31N7. The highest BCUT2D eigenvalue weighted by Gasteiger charge is 2.22. The summed E-state index contributed by atoms with van der Waals surface area (Å²) in [5, 5.41) is 21.2. The molecule has 0 radical (unpaired) electrons. The highest BCUT2D eigenvalue weighted by atomic mass is 15.3. The van der Waals surface area contributed by atoms with Crippen molar-refractivity contribution in [3.8, 4) is 62.6 Å². The Kier molecular flexibility index (Phi) is 7.32. The molecule has 0 aliphatic heterocycles. The van der Waals surface area contributed by atoms with Crippen LogP contribution in [-0.4, -0.2) is 34.1 Å². The molecule has 0 bridgehead atoms. The lowest BCUT2D eigenvalue weighted by molar-refractivity contribution is 1.07. The topological polar surface area (TPSA) is 66.3 Å². The maximum atomic E-state index is 4.75. The maximum absolute atomic E-state index is 4.75. The zero-order valence-electron chi connectivity index (χ0n) is 28.5. The SMILES string of the molecule is c1ccc(-c2nnc(-c3ccccc3)n2-c2ccc3c(c2)c2cc(-n4c(-c5ccccc5)nnc4-c4ccccc4)ccc2n3-c2ccccc2)cc1. The van der Waals surface area contributed by atoms with Crippen LogP contribution in [-0.2, 0) is 0 Å². The molecule has 0 saturated carbocycles. The molecule has 7 heteroatoms. The fourth-order valence-electron chi connectivity index (χ4n) is 7.29. The largest absolute Gasteiger partial charge is 0.309 e. The highest BCUT2D eigenvalue weighted by molar-refractivity contribution is 6.10. The maximum Gasteiger partial charge on any atom is 0.168 e. The van der Waals surface area contributed by atoms with Gasteiger partial charge in [0.1, 0.15) is 0 Å². The van der Waals surface area contributed by atoms with Crippen LogP contribution in [0.1, 0.15) is 0 Å². The smallest absolute Gasteiger partial charge is 0.168 e. The van der Waals surface area contributed by atoms with E-state index in [2.05, 4.69) is 129 Å². The third-order valence-electron chi connectivity index (χ3n) is 9.72. The van der Waals surface area contributed by atoms with E-state index in [4.69, 9.17) is 20.4 Å². The molecule has 10 aromatic rings. The lowest BCUT2D eigenvalue weighted by Gasteiger charge is -2.12. The zero-order chi connectivity index (χ0) is 35.1. The predicted molar refractivity (Wildman–Crippen MR) is 212 cm³/mol. The molecule has 10 rings (SSSR count). The number of benzene rings is 7. The second-order valence-electron chi connectivity index (χ2n) is 12.9. The van der Waals surface area contributed by atoms with Crippen LogP contribution in [0, 0.1) is 0 Å². The van der Waals surface area contributed by atoms with Crippen molar-refractivity contribution >= 4 is 21.8 Å². The quantitative estimate of drug-likeness (QED) is 0.168. The van der Waals surface area contributed by atoms with Crippen LogP contribution in [0.3, 0.4) is 0 Å². The molecule has 0 spiro atoms. The fraction of sp³-hybridized carbons (Fsp3) is 0. The van der Waals surface area contributed by atoms with Gasteiger partial charge in [-0.1, -0.05) is 140 Å². The Balaban J connectivity index is 1.25. The molecular weight excluding hydrogens is 651 g/mol. The van der Waals surface area contributed by atoms with Gasteiger partial charge in [0.25, 0.3) is 0 Å². The van der Waals surface area contributed by atoms with E-state index in [1.54, 1.807) is 0 Å². The van der Waals surface area contributed by atoms with Gasteiger partial charge >= 0.3 is 0 Å². The number of rotatable bonds is 7. The van der Waals surface area contributed by atoms with E-state index in [9.17, 15) is 0 Å². The first-order chi connectivity index (χ1) is 26.3. The van der Waals surface area contributed by atoms with Crippen molar-refractivity contribution in [1.29, 1.82) is 0 Å². The van der Waals surface area contributed by atoms with E-state index in [1.807, 2.05) is 72.8 Å². The minimum absolute atomic E-state index is 0.779. The molecule has 0 saturated heterocycles. The Bertz CT molecular complexity index is 2570. The average molecular weight is 682 g/mol. The third-order valence-corrected chi connectivity index (χ3v) is 9.72. The van der Waals surface area contributed by atoms with Crippen molar-refractivity contribution in [1.82, 2.24) is 34.1 Å². The second-order valence-corrected chi connectivity index (χ2v) is 12.9. The van der Waals surface area contributed by atoms with E-state index in [0.717, 1.165) is 84.4 Å². The molecule has 7 nitrogen and oxygen atoms in total. The fourth-order valence-corrected chi connectivity index (χ4v) is 7.29. The van der Waals surface area contributed by atoms with Crippen LogP contribution in [0.15, 0.2) is 188 Å². The van der Waals surface area contributed by atoms with Gasteiger partial charge in [0.15, 0.2) is 23.3 Å². The van der Waals surface area contributed by atoms with Crippen LogP contribution in [0.4, 0.5) is 0 Å². The van der Waals surface area contributed by atoms with Crippen molar-refractivity contribution in [2.75, 3.05) is 0 Å². The normalized spacial score (nSPS) is 11.4. The van der Waals surface area contributed by atoms with E-state index in [0.29, 0.717) is 0 Å². The highest BCUT2D eigenvalue weighted by Crippen LogP contribution is 2.38. The summed E-state index contributed by atoms with van der Waals surface area (Å²) in [4.78, 5) is 0. The summed E-state index contributed by atoms with van der Waals surface area (Å²) < 4.78 is 6.67. The van der Waals surface area contributed by atoms with Crippen molar-refractivity contribution in [3.05, 3.63) is 188 Å².